The Morgan fingerprint density at radius 2 is 1.68 bits per heavy atom. The third kappa shape index (κ3) is 11.8. The van der Waals surface area contributed by atoms with E-state index in [9.17, 15) is 33.9 Å². The van der Waals surface area contributed by atoms with Gasteiger partial charge in [0.15, 0.2) is 6.30 Å². The number of rotatable bonds is 13. The molecule has 7 aliphatic rings. The molecule has 6 fully saturated rings. The molecule has 0 bridgehead atoms. The van der Waals surface area contributed by atoms with Crippen molar-refractivity contribution in [3.8, 4) is 0 Å². The first-order chi connectivity index (χ1) is 38.2. The number of carboxylic acid groups (broad SMARTS) is 1. The van der Waals surface area contributed by atoms with Crippen molar-refractivity contribution in [3.63, 3.8) is 0 Å². The number of likely N-dealkylation sites (tertiary alicyclic amines) is 1. The van der Waals surface area contributed by atoms with Crippen LogP contribution in [0.4, 0.5) is 30.8 Å². The number of anilines is 3. The van der Waals surface area contributed by atoms with E-state index in [2.05, 4.69) is 46.4 Å². The number of benzene rings is 3. The highest BCUT2D eigenvalue weighted by atomic mass is 32.2. The van der Waals surface area contributed by atoms with E-state index in [4.69, 9.17) is 4.74 Å². The fourth-order valence-electron chi connectivity index (χ4n) is 13.2. The zero-order valence-electron chi connectivity index (χ0n) is 44.1. The number of hydrogen-bond donors (Lipinski definition) is 6. The summed E-state index contributed by atoms with van der Waals surface area (Å²) in [6.07, 6.45) is 7.53. The molecule has 6 amide bonds. The Morgan fingerprint density at radius 3 is 2.41 bits per heavy atom. The summed E-state index contributed by atoms with van der Waals surface area (Å²) < 4.78 is 37.5. The molecule has 1 aromatic heterocycles. The maximum absolute atomic E-state index is 15.8. The molecule has 3 aromatic carbocycles. The van der Waals surface area contributed by atoms with E-state index in [1.165, 1.54) is 22.7 Å². The van der Waals surface area contributed by atoms with Gasteiger partial charge in [0.05, 0.1) is 42.9 Å². The molecular formula is C57H67F2N11O8S. The number of ether oxygens (including phenoxy) is 1. The number of amides is 6. The lowest BCUT2D eigenvalue weighted by molar-refractivity contribution is -0.137. The molecule has 7 aliphatic heterocycles. The molecule has 0 radical (unpaired) electrons. The molecular weight excluding hydrogens is 1040 g/mol. The van der Waals surface area contributed by atoms with Gasteiger partial charge < -0.3 is 45.4 Å². The van der Waals surface area contributed by atoms with Crippen LogP contribution in [0.25, 0.3) is 0 Å². The number of imide groups is 1. The molecule has 4 aromatic rings. The topological polar surface area (TPSA) is 231 Å². The van der Waals surface area contributed by atoms with Gasteiger partial charge >= 0.3 is 6.09 Å². The van der Waals surface area contributed by atoms with Crippen LogP contribution in [-0.2, 0) is 32.2 Å². The second kappa shape index (κ2) is 23.1. The molecule has 6 atom stereocenters. The van der Waals surface area contributed by atoms with E-state index in [0.717, 1.165) is 73.5 Å². The number of aromatic nitrogens is 2. The Hall–Kier alpha value is -6.75. The van der Waals surface area contributed by atoms with E-state index in [0.29, 0.717) is 73.6 Å². The minimum Gasteiger partial charge on any atom is -0.465 e. The average molecular weight is 1100 g/mol. The highest BCUT2D eigenvalue weighted by Gasteiger charge is 2.50. The summed E-state index contributed by atoms with van der Waals surface area (Å²) in [6, 6.07) is 16.0. The summed E-state index contributed by atoms with van der Waals surface area (Å²) in [7, 11) is 0. The molecule has 418 valence electrons. The van der Waals surface area contributed by atoms with Crippen molar-refractivity contribution in [2.45, 2.75) is 131 Å². The molecule has 0 saturated carbocycles. The number of nitrogens with zero attached hydrogens (tertiary/aromatic N) is 6. The van der Waals surface area contributed by atoms with Crippen molar-refractivity contribution in [1.29, 1.82) is 0 Å². The van der Waals surface area contributed by atoms with Gasteiger partial charge in [-0.2, -0.15) is 0 Å². The Bertz CT molecular complexity index is 2970. The Kier molecular flexibility index (Phi) is 15.9. The number of fused-ring (bicyclic) bond motifs is 1. The maximum Gasteiger partial charge on any atom is 0.404 e. The van der Waals surface area contributed by atoms with Crippen LogP contribution < -0.4 is 36.4 Å². The lowest BCUT2D eigenvalue weighted by Gasteiger charge is -2.45. The summed E-state index contributed by atoms with van der Waals surface area (Å²) in [5, 5.41) is 23.9. The van der Waals surface area contributed by atoms with Gasteiger partial charge in [-0.1, -0.05) is 30.0 Å². The molecule has 22 heteroatoms. The van der Waals surface area contributed by atoms with Gasteiger partial charge in [-0.15, -0.1) is 0 Å². The van der Waals surface area contributed by atoms with Crippen molar-refractivity contribution in [2.24, 2.45) is 17.3 Å². The molecule has 4 unspecified atom stereocenters. The number of carbonyl (C=O) groups is 6. The van der Waals surface area contributed by atoms with E-state index in [-0.39, 0.29) is 78.6 Å². The van der Waals surface area contributed by atoms with Crippen molar-refractivity contribution in [1.82, 2.24) is 41.0 Å². The van der Waals surface area contributed by atoms with Crippen molar-refractivity contribution in [3.05, 3.63) is 101 Å². The summed E-state index contributed by atoms with van der Waals surface area (Å²) in [4.78, 5) is 93.6. The standard InChI is InChI=1S/C57H67F2N11O8S/c1-33-50(66-56(76)77)57(32-78-33)17-23-69(24-18-57)47-29-61-49(30-60-47)79-40-4-2-3-38(27-40)63-52(72)36-6-10-45(43(58)26-36)68-21-15-39(16-22-68)67-19-13-35(14-20-67)41-8-9-44(64-51(41)59)53(73)62-28-34-5-7-42-37(25-34)31-70(55(42)75)46-11-12-48(71)65-54(46)74/h2-7,10,25-27,29-30,33,35,39,41,44,46,50-51,64,66H,8-9,11-24,28,31-32H2,1H3,(H,62,73)(H,63,72)(H,76,77)(H,65,71,74)/t33-,41?,44?,46?,50+,51?/m0/s1. The zero-order valence-corrected chi connectivity index (χ0v) is 45.0. The van der Waals surface area contributed by atoms with Crippen molar-refractivity contribution >= 4 is 64.6 Å². The van der Waals surface area contributed by atoms with Gasteiger partial charge in [-0.3, -0.25) is 34.6 Å². The second-order valence-electron chi connectivity index (χ2n) is 22.3. The highest BCUT2D eigenvalue weighted by Crippen LogP contribution is 2.43. The third-order valence-electron chi connectivity index (χ3n) is 17.7. The predicted octanol–water partition coefficient (Wildman–Crippen LogP) is 6.08. The lowest BCUT2D eigenvalue weighted by Crippen LogP contribution is -2.55. The summed E-state index contributed by atoms with van der Waals surface area (Å²) in [6.45, 7) is 7.36. The lowest BCUT2D eigenvalue weighted by atomic mass is 9.73. The maximum atomic E-state index is 15.8. The highest BCUT2D eigenvalue weighted by molar-refractivity contribution is 7.99. The van der Waals surface area contributed by atoms with E-state index in [1.54, 1.807) is 42.7 Å². The molecule has 19 nitrogen and oxygen atoms in total. The number of nitrogens with one attached hydrogen (secondary N) is 5. The van der Waals surface area contributed by atoms with E-state index in [1.807, 2.05) is 36.1 Å². The van der Waals surface area contributed by atoms with Crippen LogP contribution >= 0.6 is 11.8 Å². The van der Waals surface area contributed by atoms with Crippen LogP contribution in [0, 0.1) is 23.1 Å². The van der Waals surface area contributed by atoms with Crippen LogP contribution in [0.3, 0.4) is 0 Å². The molecule has 79 heavy (non-hydrogen) atoms. The number of carbonyl (C=O) groups excluding carboxylic acids is 5. The van der Waals surface area contributed by atoms with Crippen LogP contribution in [0.5, 0.6) is 0 Å². The quantitative estimate of drug-likeness (QED) is 0.0658. The average Bonchev–Trinajstić information content (AvgIpc) is 4.10. The van der Waals surface area contributed by atoms with Crippen LogP contribution in [0.1, 0.15) is 103 Å². The van der Waals surface area contributed by atoms with Gasteiger partial charge in [0.2, 0.25) is 17.7 Å². The SMILES string of the molecule is C[C@@H]1OCC2(CCN(c3cnc(Sc4cccc(NC(=O)c5ccc(N6CCC(N7CCC(C8CCC(C(=O)NCc9ccc%10c(c9)CN(C9CCC(=O)NC9=O)C%10=O)NC8F)CC7)CC6)c(F)c5)c4)cn3)CC2)[C@@H]1NC(=O)O. The van der Waals surface area contributed by atoms with E-state index < -0.39 is 42.1 Å². The Balaban J connectivity index is 0.591. The summed E-state index contributed by atoms with van der Waals surface area (Å²) in [5.74, 6) is -1.46. The minimum atomic E-state index is -1.30. The number of hydrogen-bond acceptors (Lipinski definition) is 14. The molecule has 6 saturated heterocycles. The molecule has 0 aliphatic carbocycles. The minimum absolute atomic E-state index is 0.177. The largest absolute Gasteiger partial charge is 0.465 e. The monoisotopic (exact) mass is 1100 g/mol. The first kappa shape index (κ1) is 54.2. The van der Waals surface area contributed by atoms with E-state index >= 15 is 8.78 Å². The Morgan fingerprint density at radius 1 is 0.886 bits per heavy atom. The fourth-order valence-corrected chi connectivity index (χ4v) is 14.0. The van der Waals surface area contributed by atoms with Gasteiger partial charge in [-0.05, 0) is 137 Å². The van der Waals surface area contributed by atoms with Crippen LogP contribution in [-0.4, -0.2) is 143 Å². The van der Waals surface area contributed by atoms with Crippen molar-refractivity contribution in [2.75, 3.05) is 61.0 Å². The summed E-state index contributed by atoms with van der Waals surface area (Å²) >= 11 is 1.41. The summed E-state index contributed by atoms with van der Waals surface area (Å²) in [5.41, 5.74) is 3.04. The fraction of sp³-hybridized carbons (Fsp3) is 0.509. The zero-order chi connectivity index (χ0) is 55.0. The Labute approximate surface area is 461 Å². The second-order valence-corrected chi connectivity index (χ2v) is 23.4. The van der Waals surface area contributed by atoms with Gasteiger partial charge in [0.25, 0.3) is 11.8 Å². The van der Waals surface area contributed by atoms with Gasteiger partial charge in [0.1, 0.15) is 22.7 Å². The number of halogens is 2. The van der Waals surface area contributed by atoms with Crippen LogP contribution in [0.15, 0.2) is 83.0 Å². The number of piperidine rings is 5. The number of alkyl halides is 1. The molecule has 11 rings (SSSR count). The molecule has 6 N–H and O–H groups in total. The molecule has 8 heterocycles. The molecule has 1 spiro atoms. The van der Waals surface area contributed by atoms with Gasteiger partial charge in [-0.25, -0.2) is 23.5 Å². The van der Waals surface area contributed by atoms with Crippen molar-refractivity contribution < 1.29 is 47.4 Å². The predicted molar refractivity (Wildman–Crippen MR) is 290 cm³/mol. The first-order valence-electron chi connectivity index (χ1n) is 27.7. The smallest absolute Gasteiger partial charge is 0.404 e. The van der Waals surface area contributed by atoms with Gasteiger partial charge in [0, 0.05) is 84.8 Å². The third-order valence-corrected chi connectivity index (χ3v) is 18.6. The normalized spacial score (nSPS) is 25.8. The first-order valence-corrected chi connectivity index (χ1v) is 28.5. The van der Waals surface area contributed by atoms with Crippen LogP contribution in [0.2, 0.25) is 0 Å².